The Balaban J connectivity index is 1.90. The van der Waals surface area contributed by atoms with Crippen LogP contribution in [0.25, 0.3) is 0 Å². The van der Waals surface area contributed by atoms with Crippen LogP contribution >= 0.6 is 45.5 Å². The second-order valence-electron chi connectivity index (χ2n) is 5.15. The van der Waals surface area contributed by atoms with Crippen LogP contribution in [0.3, 0.4) is 0 Å². The molecule has 0 saturated carbocycles. The molecule has 2 aromatic rings. The molecule has 0 bridgehead atoms. The zero-order valence-electron chi connectivity index (χ0n) is 11.8. The lowest BCUT2D eigenvalue weighted by molar-refractivity contribution is 0.351. The molecule has 1 aliphatic heterocycles. The Morgan fingerprint density at radius 1 is 1.43 bits per heavy atom. The van der Waals surface area contributed by atoms with E-state index in [9.17, 15) is 0 Å². The van der Waals surface area contributed by atoms with E-state index < -0.39 is 0 Å². The molecule has 1 aliphatic rings. The van der Waals surface area contributed by atoms with E-state index >= 15 is 0 Å². The predicted molar refractivity (Wildman–Crippen MR) is 97.8 cm³/mol. The van der Waals surface area contributed by atoms with E-state index in [4.69, 9.17) is 16.3 Å². The van der Waals surface area contributed by atoms with Gasteiger partial charge in [-0.05, 0) is 75.8 Å². The molecule has 5 heteroatoms. The summed E-state index contributed by atoms with van der Waals surface area (Å²) in [6, 6.07) is 6.64. The molecule has 112 valence electrons. The Kier molecular flexibility index (Phi) is 5.09. The maximum atomic E-state index is 6.26. The second kappa shape index (κ2) is 6.86. The zero-order valence-corrected chi connectivity index (χ0v) is 15.5. The normalized spacial score (nSPS) is 14.8. The monoisotopic (exact) mass is 433 g/mol. The summed E-state index contributed by atoms with van der Waals surface area (Å²) in [4.78, 5) is 0. The number of likely N-dealkylation sites (N-methyl/N-ethyl adjacent to an activating group) is 1. The third-order valence-electron chi connectivity index (χ3n) is 3.69. The van der Waals surface area contributed by atoms with Gasteiger partial charge in [-0.25, -0.2) is 0 Å². The van der Waals surface area contributed by atoms with Gasteiger partial charge in [0, 0.05) is 17.5 Å². The highest BCUT2D eigenvalue weighted by atomic mass is 127. The third-order valence-corrected chi connectivity index (χ3v) is 5.72. The quantitative estimate of drug-likeness (QED) is 0.682. The summed E-state index contributed by atoms with van der Waals surface area (Å²) in [5.74, 6) is 1.05. The third kappa shape index (κ3) is 3.55. The molecule has 1 atom stereocenters. The Morgan fingerprint density at radius 3 is 3.00 bits per heavy atom. The van der Waals surface area contributed by atoms with Gasteiger partial charge in [0.25, 0.3) is 0 Å². The van der Waals surface area contributed by atoms with Crippen molar-refractivity contribution in [1.82, 2.24) is 5.32 Å². The lowest BCUT2D eigenvalue weighted by Crippen LogP contribution is -2.22. The van der Waals surface area contributed by atoms with Gasteiger partial charge < -0.3 is 10.1 Å². The summed E-state index contributed by atoms with van der Waals surface area (Å²) in [6.45, 7) is 3.86. The molecule has 21 heavy (non-hydrogen) atoms. The van der Waals surface area contributed by atoms with Crippen LogP contribution in [0.4, 0.5) is 0 Å². The molecule has 2 heterocycles. The number of thiophene rings is 1. The Bertz CT molecular complexity index is 643. The summed E-state index contributed by atoms with van der Waals surface area (Å²) in [5, 5.41) is 6.62. The summed E-state index contributed by atoms with van der Waals surface area (Å²) in [5.41, 5.74) is 3.80. The summed E-state index contributed by atoms with van der Waals surface area (Å²) in [6.07, 6.45) is 1.87. The van der Waals surface area contributed by atoms with Crippen molar-refractivity contribution < 1.29 is 4.74 Å². The van der Waals surface area contributed by atoms with Crippen LogP contribution in [0.15, 0.2) is 23.6 Å². The molecule has 0 spiro atoms. The minimum Gasteiger partial charge on any atom is -0.493 e. The lowest BCUT2D eigenvalue weighted by atomic mass is 9.98. The molecule has 0 amide bonds. The molecule has 1 unspecified atom stereocenters. The number of rotatable bonds is 5. The number of halogens is 2. The first-order chi connectivity index (χ1) is 10.2. The molecule has 0 aliphatic carbocycles. The fourth-order valence-electron chi connectivity index (χ4n) is 2.78. The van der Waals surface area contributed by atoms with Crippen LogP contribution in [-0.2, 0) is 12.8 Å². The summed E-state index contributed by atoms with van der Waals surface area (Å²) >= 11 is 10.4. The fourth-order valence-corrected chi connectivity index (χ4v) is 4.47. The molecule has 0 radical (unpaired) electrons. The number of benzene rings is 1. The molecule has 2 nitrogen and oxygen atoms in total. The van der Waals surface area contributed by atoms with Crippen molar-refractivity contribution in [3.05, 3.63) is 48.2 Å². The topological polar surface area (TPSA) is 21.3 Å². The molecule has 1 aromatic heterocycles. The first kappa shape index (κ1) is 15.6. The van der Waals surface area contributed by atoms with Crippen molar-refractivity contribution >= 4 is 45.5 Å². The maximum absolute atomic E-state index is 6.26. The van der Waals surface area contributed by atoms with Crippen LogP contribution < -0.4 is 10.1 Å². The van der Waals surface area contributed by atoms with Crippen molar-refractivity contribution in [1.29, 1.82) is 0 Å². The van der Waals surface area contributed by atoms with E-state index in [1.807, 2.05) is 12.1 Å². The molecule has 0 saturated heterocycles. The van der Waals surface area contributed by atoms with E-state index in [-0.39, 0.29) is 0 Å². The van der Waals surface area contributed by atoms with E-state index in [0.29, 0.717) is 6.04 Å². The second-order valence-corrected chi connectivity index (χ2v) is 8.39. The number of ether oxygens (including phenoxy) is 1. The van der Waals surface area contributed by atoms with E-state index in [1.165, 1.54) is 19.6 Å². The predicted octanol–water partition coefficient (Wildman–Crippen LogP) is 4.83. The highest BCUT2D eigenvalue weighted by Crippen LogP contribution is 2.36. The molecule has 1 aromatic carbocycles. The Morgan fingerprint density at radius 2 is 2.29 bits per heavy atom. The maximum Gasteiger partial charge on any atom is 0.125 e. The van der Waals surface area contributed by atoms with Gasteiger partial charge in [0.2, 0.25) is 0 Å². The van der Waals surface area contributed by atoms with Crippen LogP contribution in [-0.4, -0.2) is 13.2 Å². The van der Waals surface area contributed by atoms with Gasteiger partial charge in [0.1, 0.15) is 5.75 Å². The number of hydrogen-bond donors (Lipinski definition) is 1. The molecular weight excluding hydrogens is 417 g/mol. The van der Waals surface area contributed by atoms with Gasteiger partial charge in [-0.1, -0.05) is 18.5 Å². The van der Waals surface area contributed by atoms with Gasteiger partial charge in [-0.2, -0.15) is 0 Å². The zero-order chi connectivity index (χ0) is 14.8. The molecular formula is C16H17ClINOS. The van der Waals surface area contributed by atoms with Crippen molar-refractivity contribution in [2.45, 2.75) is 25.8 Å². The van der Waals surface area contributed by atoms with Gasteiger partial charge in [0.15, 0.2) is 0 Å². The van der Waals surface area contributed by atoms with Crippen LogP contribution in [0, 0.1) is 2.88 Å². The molecule has 3 rings (SSSR count). The van der Waals surface area contributed by atoms with E-state index in [0.717, 1.165) is 36.8 Å². The number of nitrogens with one attached hydrogen (secondary N) is 1. The highest BCUT2D eigenvalue weighted by molar-refractivity contribution is 14.1. The van der Waals surface area contributed by atoms with Gasteiger partial charge in [-0.15, -0.1) is 11.3 Å². The average Bonchev–Trinajstić information content (AvgIpc) is 3.06. The minimum absolute atomic E-state index is 0.307. The van der Waals surface area contributed by atoms with Crippen molar-refractivity contribution in [3.8, 4) is 5.75 Å². The standard InChI is InChI=1S/C16H17ClINOS/c1-2-19-14(12-8-15(18)21-9-12)7-11-6-13(17)5-10-3-4-20-16(10)11/h5-6,8-9,14,19H,2-4,7H2,1H3. The number of hydrogen-bond acceptors (Lipinski definition) is 3. The lowest BCUT2D eigenvalue weighted by Gasteiger charge is -2.19. The highest BCUT2D eigenvalue weighted by Gasteiger charge is 2.21. The average molecular weight is 434 g/mol. The van der Waals surface area contributed by atoms with Gasteiger partial charge in [0.05, 0.1) is 9.49 Å². The SMILES string of the molecule is CCNC(Cc1cc(Cl)cc2c1OCC2)c1csc(I)c1. The number of fused-ring (bicyclic) bond motifs is 1. The van der Waals surface area contributed by atoms with Gasteiger partial charge in [-0.3, -0.25) is 0 Å². The molecule has 1 N–H and O–H groups in total. The Labute approximate surface area is 148 Å². The van der Waals surface area contributed by atoms with E-state index in [2.05, 4.69) is 46.3 Å². The first-order valence-corrected chi connectivity index (χ1v) is 9.42. The Hall–Kier alpha value is -0.300. The van der Waals surface area contributed by atoms with Crippen LogP contribution in [0.2, 0.25) is 5.02 Å². The molecule has 0 fully saturated rings. The van der Waals surface area contributed by atoms with Crippen molar-refractivity contribution in [2.24, 2.45) is 0 Å². The first-order valence-electron chi connectivity index (χ1n) is 7.08. The minimum atomic E-state index is 0.307. The van der Waals surface area contributed by atoms with Crippen LogP contribution in [0.5, 0.6) is 5.75 Å². The van der Waals surface area contributed by atoms with Gasteiger partial charge >= 0.3 is 0 Å². The van der Waals surface area contributed by atoms with E-state index in [1.54, 1.807) is 11.3 Å². The van der Waals surface area contributed by atoms with Crippen LogP contribution in [0.1, 0.15) is 29.7 Å². The van der Waals surface area contributed by atoms with Crippen molar-refractivity contribution in [2.75, 3.05) is 13.2 Å². The van der Waals surface area contributed by atoms with Crippen molar-refractivity contribution in [3.63, 3.8) is 0 Å². The smallest absolute Gasteiger partial charge is 0.125 e. The fraction of sp³-hybridized carbons (Fsp3) is 0.375. The summed E-state index contributed by atoms with van der Waals surface area (Å²) in [7, 11) is 0. The largest absolute Gasteiger partial charge is 0.493 e. The summed E-state index contributed by atoms with van der Waals surface area (Å²) < 4.78 is 7.14.